The molecule has 0 radical (unpaired) electrons. The minimum absolute atomic E-state index is 0.00404. The second kappa shape index (κ2) is 6.87. The fourth-order valence-electron chi connectivity index (χ4n) is 2.40. The molecule has 1 aromatic carbocycles. The maximum absolute atomic E-state index is 12.2. The first-order valence-electron chi connectivity index (χ1n) is 7.30. The quantitative estimate of drug-likeness (QED) is 0.798. The monoisotopic (exact) mass is 312 g/mol. The first-order valence-corrected chi connectivity index (χ1v) is 8.96. The summed E-state index contributed by atoms with van der Waals surface area (Å²) in [5, 5.41) is 3.24. The van der Waals surface area contributed by atoms with Gasteiger partial charge in [-0.2, -0.15) is 0 Å². The molecular formula is C15H24N2O3S. The minimum Gasteiger partial charge on any atom is -0.379 e. The Labute approximate surface area is 127 Å². The Bertz CT molecular complexity index is 549. The highest BCUT2D eigenvalue weighted by atomic mass is 32.2. The molecule has 0 bridgehead atoms. The normalized spacial score (nSPS) is 22.6. The molecule has 1 unspecified atom stereocenters. The smallest absolute Gasteiger partial charge is 0.216 e. The van der Waals surface area contributed by atoms with E-state index in [4.69, 9.17) is 4.74 Å². The van der Waals surface area contributed by atoms with Crippen molar-refractivity contribution in [1.29, 1.82) is 0 Å². The van der Waals surface area contributed by atoms with Crippen LogP contribution >= 0.6 is 0 Å². The van der Waals surface area contributed by atoms with Crippen molar-refractivity contribution in [2.24, 2.45) is 0 Å². The van der Waals surface area contributed by atoms with E-state index in [0.717, 1.165) is 24.2 Å². The zero-order valence-corrected chi connectivity index (χ0v) is 13.5. The molecule has 1 aliphatic heterocycles. The first-order chi connectivity index (χ1) is 9.92. The number of sulfonamides is 1. The van der Waals surface area contributed by atoms with Gasteiger partial charge in [-0.15, -0.1) is 0 Å². The van der Waals surface area contributed by atoms with Crippen molar-refractivity contribution < 1.29 is 13.2 Å². The van der Waals surface area contributed by atoms with E-state index >= 15 is 0 Å². The van der Waals surface area contributed by atoms with E-state index in [9.17, 15) is 8.42 Å². The van der Waals surface area contributed by atoms with Gasteiger partial charge in [0.15, 0.2) is 0 Å². The second-order valence-electron chi connectivity index (χ2n) is 5.82. The van der Waals surface area contributed by atoms with Crippen LogP contribution in [-0.4, -0.2) is 33.7 Å². The Morgan fingerprint density at radius 2 is 1.90 bits per heavy atom. The summed E-state index contributed by atoms with van der Waals surface area (Å²) in [6.45, 7) is 6.71. The van der Waals surface area contributed by atoms with Gasteiger partial charge in [-0.3, -0.25) is 0 Å². The first kappa shape index (κ1) is 16.4. The summed E-state index contributed by atoms with van der Waals surface area (Å²) < 4.78 is 32.5. The van der Waals surface area contributed by atoms with Crippen LogP contribution in [0.4, 0.5) is 0 Å². The van der Waals surface area contributed by atoms with E-state index in [0.29, 0.717) is 19.6 Å². The third-order valence-corrected chi connectivity index (χ3v) is 5.10. The molecule has 0 aliphatic carbocycles. The van der Waals surface area contributed by atoms with Gasteiger partial charge in [0.2, 0.25) is 10.0 Å². The van der Waals surface area contributed by atoms with Crippen LogP contribution in [0.15, 0.2) is 24.3 Å². The predicted molar refractivity (Wildman–Crippen MR) is 83.4 cm³/mol. The largest absolute Gasteiger partial charge is 0.379 e. The fourth-order valence-corrected chi connectivity index (χ4v) is 4.02. The molecule has 2 rings (SSSR count). The summed E-state index contributed by atoms with van der Waals surface area (Å²) in [6.07, 6.45) is 0.716. The Morgan fingerprint density at radius 1 is 1.24 bits per heavy atom. The van der Waals surface area contributed by atoms with Crippen LogP contribution in [0.5, 0.6) is 0 Å². The molecule has 2 N–H and O–H groups in total. The molecule has 6 heteroatoms. The third kappa shape index (κ3) is 5.07. The molecule has 0 aromatic heterocycles. The van der Waals surface area contributed by atoms with Crippen molar-refractivity contribution in [3.8, 4) is 0 Å². The highest BCUT2D eigenvalue weighted by molar-refractivity contribution is 7.88. The molecule has 1 aromatic rings. The van der Waals surface area contributed by atoms with Crippen molar-refractivity contribution >= 4 is 10.0 Å². The lowest BCUT2D eigenvalue weighted by molar-refractivity contribution is 0.178. The summed E-state index contributed by atoms with van der Waals surface area (Å²) in [6, 6.07) is 7.68. The summed E-state index contributed by atoms with van der Waals surface area (Å²) >= 11 is 0. The van der Waals surface area contributed by atoms with Crippen LogP contribution in [0.3, 0.4) is 0 Å². The van der Waals surface area contributed by atoms with Crippen LogP contribution < -0.4 is 10.0 Å². The topological polar surface area (TPSA) is 67.4 Å². The Kier molecular flexibility index (Phi) is 5.37. The third-order valence-electron chi connectivity index (χ3n) is 3.58. The van der Waals surface area contributed by atoms with Crippen LogP contribution in [-0.2, 0) is 27.1 Å². The number of ether oxygens (including phenoxy) is 1. The van der Waals surface area contributed by atoms with Crippen molar-refractivity contribution in [3.63, 3.8) is 0 Å². The van der Waals surface area contributed by atoms with Gasteiger partial charge in [0, 0.05) is 13.2 Å². The number of benzene rings is 1. The van der Waals surface area contributed by atoms with Crippen LogP contribution in [0, 0.1) is 0 Å². The average Bonchev–Trinajstić information content (AvgIpc) is 2.83. The van der Waals surface area contributed by atoms with Crippen LogP contribution in [0.1, 0.15) is 31.4 Å². The van der Waals surface area contributed by atoms with E-state index in [1.54, 1.807) is 0 Å². The minimum atomic E-state index is -3.35. The number of rotatable bonds is 7. The highest BCUT2D eigenvalue weighted by Gasteiger charge is 2.33. The lowest BCUT2D eigenvalue weighted by Crippen LogP contribution is -2.46. The van der Waals surface area contributed by atoms with Crippen LogP contribution in [0.2, 0.25) is 0 Å². The maximum atomic E-state index is 12.2. The zero-order chi connectivity index (χ0) is 15.3. The molecule has 1 heterocycles. The SMILES string of the molecule is CCNCc1ccc(CS(=O)(=O)NC2(C)CCOC2)cc1. The Hall–Kier alpha value is -0.950. The van der Waals surface area contributed by atoms with Gasteiger partial charge < -0.3 is 10.1 Å². The summed E-state index contributed by atoms with van der Waals surface area (Å²) in [7, 11) is -3.35. The van der Waals surface area contributed by atoms with Crippen molar-refractivity contribution in [2.75, 3.05) is 19.8 Å². The fraction of sp³-hybridized carbons (Fsp3) is 0.600. The van der Waals surface area contributed by atoms with E-state index in [1.165, 1.54) is 0 Å². The number of nitrogens with one attached hydrogen (secondary N) is 2. The molecule has 0 spiro atoms. The average molecular weight is 312 g/mol. The van der Waals surface area contributed by atoms with Gasteiger partial charge in [-0.05, 0) is 31.0 Å². The van der Waals surface area contributed by atoms with Gasteiger partial charge in [-0.1, -0.05) is 31.2 Å². The number of hydrogen-bond acceptors (Lipinski definition) is 4. The second-order valence-corrected chi connectivity index (χ2v) is 7.54. The Balaban J connectivity index is 1.96. The molecule has 0 amide bonds. The number of hydrogen-bond donors (Lipinski definition) is 2. The van der Waals surface area contributed by atoms with Gasteiger partial charge in [0.25, 0.3) is 0 Å². The zero-order valence-electron chi connectivity index (χ0n) is 12.7. The highest BCUT2D eigenvalue weighted by Crippen LogP contribution is 2.19. The molecule has 1 saturated heterocycles. The van der Waals surface area contributed by atoms with Crippen molar-refractivity contribution in [3.05, 3.63) is 35.4 Å². The molecule has 5 nitrogen and oxygen atoms in total. The van der Waals surface area contributed by atoms with Gasteiger partial charge in [-0.25, -0.2) is 13.1 Å². The molecule has 1 atom stereocenters. The van der Waals surface area contributed by atoms with Gasteiger partial charge >= 0.3 is 0 Å². The van der Waals surface area contributed by atoms with Crippen molar-refractivity contribution in [1.82, 2.24) is 10.0 Å². The van der Waals surface area contributed by atoms with Gasteiger partial charge in [0.05, 0.1) is 17.9 Å². The molecule has 1 fully saturated rings. The lowest BCUT2D eigenvalue weighted by atomic mass is 10.0. The van der Waals surface area contributed by atoms with E-state index < -0.39 is 15.6 Å². The van der Waals surface area contributed by atoms with Crippen LogP contribution in [0.25, 0.3) is 0 Å². The molecule has 118 valence electrons. The summed E-state index contributed by atoms with van der Waals surface area (Å²) in [5.41, 5.74) is 1.48. The van der Waals surface area contributed by atoms with E-state index in [-0.39, 0.29) is 5.75 Å². The van der Waals surface area contributed by atoms with Crippen molar-refractivity contribution in [2.45, 2.75) is 38.1 Å². The predicted octanol–water partition coefficient (Wildman–Crippen LogP) is 1.39. The van der Waals surface area contributed by atoms with Gasteiger partial charge in [0.1, 0.15) is 0 Å². The molecule has 21 heavy (non-hydrogen) atoms. The lowest BCUT2D eigenvalue weighted by Gasteiger charge is -2.23. The Morgan fingerprint density at radius 3 is 2.48 bits per heavy atom. The summed E-state index contributed by atoms with van der Waals surface area (Å²) in [4.78, 5) is 0. The summed E-state index contributed by atoms with van der Waals surface area (Å²) in [5.74, 6) is 0.00404. The maximum Gasteiger partial charge on any atom is 0.216 e. The molecule has 0 saturated carbocycles. The van der Waals surface area contributed by atoms with E-state index in [1.807, 2.05) is 31.2 Å². The molecular weight excluding hydrogens is 288 g/mol. The van der Waals surface area contributed by atoms with E-state index in [2.05, 4.69) is 17.0 Å². The molecule has 1 aliphatic rings. The standard InChI is InChI=1S/C15H24N2O3S/c1-3-16-10-13-4-6-14(7-5-13)11-21(18,19)17-15(2)8-9-20-12-15/h4-7,16-17H,3,8-12H2,1-2H3.